The number of benzene rings is 2. The van der Waals surface area contributed by atoms with Crippen LogP contribution in [0.25, 0.3) is 22.3 Å². The molecule has 0 fully saturated rings. The molecule has 118 valence electrons. The second-order valence-electron chi connectivity index (χ2n) is 5.99. The Morgan fingerprint density at radius 2 is 1.78 bits per heavy atom. The number of aromatic nitrogens is 2. The first-order valence-corrected chi connectivity index (χ1v) is 7.74. The van der Waals surface area contributed by atoms with Crippen molar-refractivity contribution in [3.63, 3.8) is 0 Å². The molecule has 0 aliphatic heterocycles. The molecule has 0 N–H and O–H groups in total. The number of ether oxygens (including phenoxy) is 1. The molecule has 0 atom stereocenters. The molecule has 2 aromatic carbocycles. The van der Waals surface area contributed by atoms with Crippen molar-refractivity contribution < 1.29 is 4.74 Å². The Bertz CT molecular complexity index is 880. The Morgan fingerprint density at radius 1 is 1.09 bits per heavy atom. The number of para-hydroxylation sites is 2. The molecule has 23 heavy (non-hydrogen) atoms. The Hall–Kier alpha value is -2.62. The van der Waals surface area contributed by atoms with Gasteiger partial charge in [0.25, 0.3) is 5.56 Å². The highest BCUT2D eigenvalue weighted by Gasteiger charge is 2.13. The highest BCUT2D eigenvalue weighted by atomic mass is 16.5. The van der Waals surface area contributed by atoms with Gasteiger partial charge in [0, 0.05) is 12.1 Å². The second kappa shape index (κ2) is 6.24. The molecule has 0 saturated heterocycles. The standard InChI is InChI=1S/C19H20N2O2/c1-13(2)12-21-17-7-5-4-6-16(17)20-18(19(21)22)14-8-10-15(23-3)11-9-14/h4-11,13H,12H2,1-3H3. The van der Waals surface area contributed by atoms with Crippen LogP contribution in [0.1, 0.15) is 13.8 Å². The molecule has 1 aromatic heterocycles. The van der Waals surface area contributed by atoms with Crippen LogP contribution >= 0.6 is 0 Å². The second-order valence-corrected chi connectivity index (χ2v) is 5.99. The normalized spacial score (nSPS) is 11.1. The van der Waals surface area contributed by atoms with E-state index in [2.05, 4.69) is 18.8 Å². The average molecular weight is 308 g/mol. The maximum absolute atomic E-state index is 12.9. The molecule has 3 aromatic rings. The Balaban J connectivity index is 2.24. The van der Waals surface area contributed by atoms with E-state index in [1.54, 1.807) is 7.11 Å². The van der Waals surface area contributed by atoms with E-state index in [9.17, 15) is 4.79 Å². The van der Waals surface area contributed by atoms with Crippen LogP contribution in [0.4, 0.5) is 0 Å². The van der Waals surface area contributed by atoms with Crippen LogP contribution in [0.3, 0.4) is 0 Å². The van der Waals surface area contributed by atoms with Gasteiger partial charge in [-0.1, -0.05) is 26.0 Å². The van der Waals surface area contributed by atoms with Crippen molar-refractivity contribution in [1.82, 2.24) is 9.55 Å². The zero-order valence-corrected chi connectivity index (χ0v) is 13.6. The fourth-order valence-corrected chi connectivity index (χ4v) is 2.68. The van der Waals surface area contributed by atoms with E-state index in [0.717, 1.165) is 22.3 Å². The van der Waals surface area contributed by atoms with Gasteiger partial charge in [0.2, 0.25) is 0 Å². The van der Waals surface area contributed by atoms with Gasteiger partial charge < -0.3 is 9.30 Å². The SMILES string of the molecule is COc1ccc(-c2nc3ccccc3n(CC(C)C)c2=O)cc1. The summed E-state index contributed by atoms with van der Waals surface area (Å²) in [5.74, 6) is 1.14. The summed E-state index contributed by atoms with van der Waals surface area (Å²) in [7, 11) is 1.62. The van der Waals surface area contributed by atoms with E-state index < -0.39 is 0 Å². The van der Waals surface area contributed by atoms with Crippen LogP contribution in [0.15, 0.2) is 53.3 Å². The Labute approximate surface area is 135 Å². The van der Waals surface area contributed by atoms with E-state index in [1.165, 1.54) is 0 Å². The summed E-state index contributed by atoms with van der Waals surface area (Å²) in [6, 6.07) is 15.2. The lowest BCUT2D eigenvalue weighted by Crippen LogP contribution is -2.25. The molecule has 0 radical (unpaired) electrons. The molecule has 0 bridgehead atoms. The van der Waals surface area contributed by atoms with E-state index in [4.69, 9.17) is 4.74 Å². The summed E-state index contributed by atoms with van der Waals surface area (Å²) < 4.78 is 7.00. The maximum atomic E-state index is 12.9. The van der Waals surface area contributed by atoms with Gasteiger partial charge in [-0.25, -0.2) is 4.98 Å². The third-order valence-corrected chi connectivity index (χ3v) is 3.76. The zero-order chi connectivity index (χ0) is 16.4. The number of methoxy groups -OCH3 is 1. The Morgan fingerprint density at radius 3 is 2.43 bits per heavy atom. The quantitative estimate of drug-likeness (QED) is 0.737. The lowest BCUT2D eigenvalue weighted by molar-refractivity contribution is 0.415. The predicted molar refractivity (Wildman–Crippen MR) is 92.8 cm³/mol. The molecular weight excluding hydrogens is 288 g/mol. The third-order valence-electron chi connectivity index (χ3n) is 3.76. The highest BCUT2D eigenvalue weighted by Crippen LogP contribution is 2.21. The van der Waals surface area contributed by atoms with Gasteiger partial charge in [0.1, 0.15) is 11.4 Å². The van der Waals surface area contributed by atoms with Gasteiger partial charge in [-0.15, -0.1) is 0 Å². The fraction of sp³-hybridized carbons (Fsp3) is 0.263. The van der Waals surface area contributed by atoms with Crippen LogP contribution in [-0.4, -0.2) is 16.7 Å². The van der Waals surface area contributed by atoms with E-state index in [0.29, 0.717) is 18.2 Å². The summed E-state index contributed by atoms with van der Waals surface area (Å²) in [6.45, 7) is 4.88. The van der Waals surface area contributed by atoms with E-state index >= 15 is 0 Å². The van der Waals surface area contributed by atoms with Crippen molar-refractivity contribution in [3.8, 4) is 17.0 Å². The average Bonchev–Trinajstić information content (AvgIpc) is 2.57. The van der Waals surface area contributed by atoms with Gasteiger partial charge >= 0.3 is 0 Å². The largest absolute Gasteiger partial charge is 0.497 e. The van der Waals surface area contributed by atoms with E-state index in [1.807, 2.05) is 53.1 Å². The van der Waals surface area contributed by atoms with Crippen LogP contribution in [-0.2, 0) is 6.54 Å². The lowest BCUT2D eigenvalue weighted by Gasteiger charge is -2.14. The summed E-state index contributed by atoms with van der Waals surface area (Å²) in [5, 5.41) is 0. The lowest BCUT2D eigenvalue weighted by atomic mass is 10.1. The minimum Gasteiger partial charge on any atom is -0.497 e. The van der Waals surface area contributed by atoms with Crippen LogP contribution in [0.2, 0.25) is 0 Å². The first-order chi connectivity index (χ1) is 11.1. The van der Waals surface area contributed by atoms with Crippen molar-refractivity contribution in [1.29, 1.82) is 0 Å². The maximum Gasteiger partial charge on any atom is 0.277 e. The molecule has 3 rings (SSSR count). The first kappa shape index (κ1) is 15.3. The van der Waals surface area contributed by atoms with Gasteiger partial charge in [-0.2, -0.15) is 0 Å². The molecule has 0 aliphatic rings. The van der Waals surface area contributed by atoms with Gasteiger partial charge in [0.15, 0.2) is 0 Å². The van der Waals surface area contributed by atoms with Crippen LogP contribution < -0.4 is 10.3 Å². The predicted octanol–water partition coefficient (Wildman–Crippen LogP) is 3.73. The van der Waals surface area contributed by atoms with Crippen molar-refractivity contribution in [2.24, 2.45) is 5.92 Å². The molecular formula is C19H20N2O2. The van der Waals surface area contributed by atoms with Gasteiger partial charge in [0.05, 0.1) is 18.1 Å². The van der Waals surface area contributed by atoms with Crippen molar-refractivity contribution >= 4 is 11.0 Å². The molecule has 0 amide bonds. The molecule has 4 nitrogen and oxygen atoms in total. The van der Waals surface area contributed by atoms with E-state index in [-0.39, 0.29) is 5.56 Å². The Kier molecular flexibility index (Phi) is 4.15. The monoisotopic (exact) mass is 308 g/mol. The first-order valence-electron chi connectivity index (χ1n) is 7.74. The molecule has 0 aliphatic carbocycles. The summed E-state index contributed by atoms with van der Waals surface area (Å²) in [4.78, 5) is 17.5. The summed E-state index contributed by atoms with van der Waals surface area (Å²) in [5.41, 5.74) is 2.94. The van der Waals surface area contributed by atoms with Gasteiger partial charge in [-0.05, 0) is 42.3 Å². The topological polar surface area (TPSA) is 44.1 Å². The van der Waals surface area contributed by atoms with Crippen LogP contribution in [0, 0.1) is 5.92 Å². The molecule has 4 heteroatoms. The molecule has 0 saturated carbocycles. The minimum absolute atomic E-state index is 0.0532. The minimum atomic E-state index is -0.0532. The summed E-state index contributed by atoms with van der Waals surface area (Å²) in [6.07, 6.45) is 0. The zero-order valence-electron chi connectivity index (χ0n) is 13.6. The third kappa shape index (κ3) is 2.97. The highest BCUT2D eigenvalue weighted by molar-refractivity contribution is 5.77. The number of nitrogens with zero attached hydrogens (tertiary/aromatic N) is 2. The fourth-order valence-electron chi connectivity index (χ4n) is 2.68. The molecule has 0 unspecified atom stereocenters. The summed E-state index contributed by atoms with van der Waals surface area (Å²) >= 11 is 0. The van der Waals surface area contributed by atoms with Crippen LogP contribution in [0.5, 0.6) is 5.75 Å². The smallest absolute Gasteiger partial charge is 0.277 e. The number of rotatable bonds is 4. The number of hydrogen-bond donors (Lipinski definition) is 0. The van der Waals surface area contributed by atoms with Crippen molar-refractivity contribution in [2.75, 3.05) is 7.11 Å². The molecule has 1 heterocycles. The van der Waals surface area contributed by atoms with Crippen molar-refractivity contribution in [2.45, 2.75) is 20.4 Å². The van der Waals surface area contributed by atoms with Crippen molar-refractivity contribution in [3.05, 3.63) is 58.9 Å². The number of fused-ring (bicyclic) bond motifs is 1. The number of hydrogen-bond acceptors (Lipinski definition) is 3. The molecule has 0 spiro atoms. The van der Waals surface area contributed by atoms with Gasteiger partial charge in [-0.3, -0.25) is 4.79 Å².